The van der Waals surface area contributed by atoms with E-state index in [0.29, 0.717) is 70.7 Å². The van der Waals surface area contributed by atoms with Crippen molar-refractivity contribution in [2.45, 2.75) is 299 Å². The van der Waals surface area contributed by atoms with Crippen molar-refractivity contribution in [3.05, 3.63) is 61.8 Å². The summed E-state index contributed by atoms with van der Waals surface area (Å²) in [6, 6.07) is 0. The minimum atomic E-state index is -0.302. The van der Waals surface area contributed by atoms with Gasteiger partial charge in [0.15, 0.2) is 17.4 Å². The molecule has 20 unspecified atom stereocenters. The highest BCUT2D eigenvalue weighted by Crippen LogP contribution is 2.73. The molecule has 0 aromatic heterocycles. The second kappa shape index (κ2) is 28.6. The van der Waals surface area contributed by atoms with Crippen LogP contribution >= 0.6 is 0 Å². The molecular weight excluding hydrogens is 1300 g/mol. The zero-order valence-electron chi connectivity index (χ0n) is 65.9. The summed E-state index contributed by atoms with van der Waals surface area (Å²) < 4.78 is 47.1. The molecule has 0 amide bonds. The van der Waals surface area contributed by atoms with Crippen molar-refractivity contribution in [3.8, 4) is 0 Å². The fourth-order valence-corrected chi connectivity index (χ4v) is 29.7. The van der Waals surface area contributed by atoms with E-state index in [1.165, 1.54) is 130 Å². The third-order valence-electron chi connectivity index (χ3n) is 35.0. The summed E-state index contributed by atoms with van der Waals surface area (Å²) in [6.07, 6.45) is 49.8. The van der Waals surface area contributed by atoms with Crippen LogP contribution in [0.25, 0.3) is 0 Å². The monoisotopic (exact) mass is 1440 g/mol. The topological polar surface area (TPSA) is 176 Å². The lowest BCUT2D eigenvalue weighted by Gasteiger charge is -2.60. The molecule has 104 heavy (non-hydrogen) atoms. The lowest BCUT2D eigenvalue weighted by atomic mass is 9.46. The molecule has 18 rings (SSSR count). The van der Waals surface area contributed by atoms with Gasteiger partial charge in [-0.2, -0.15) is 0 Å². The summed E-state index contributed by atoms with van der Waals surface area (Å²) in [6.45, 7) is 34.4. The smallest absolute Gasteiger partial charge is 0.303 e. The molecule has 0 aromatic carbocycles. The molecule has 2 saturated heterocycles. The minimum absolute atomic E-state index is 0.0268. The zero-order chi connectivity index (χ0) is 74.0. The molecule has 576 valence electrons. The molecule has 2 aliphatic heterocycles. The van der Waals surface area contributed by atoms with E-state index in [4.69, 9.17) is 37.9 Å². The molecule has 2 heterocycles. The van der Waals surface area contributed by atoms with Crippen LogP contribution in [-0.2, 0) is 66.7 Å². The Hall–Kier alpha value is -4.24. The highest BCUT2D eigenvalue weighted by molar-refractivity contribution is 5.91. The molecule has 0 N–H and O–H groups in total. The van der Waals surface area contributed by atoms with Crippen LogP contribution in [0.3, 0.4) is 0 Å². The Balaban J connectivity index is 0.000000116. The van der Waals surface area contributed by atoms with E-state index in [0.717, 1.165) is 133 Å². The Bertz CT molecular complexity index is 3370. The summed E-state index contributed by atoms with van der Waals surface area (Å²) in [5.74, 6) is 10.5. The average Bonchev–Trinajstić information content (AvgIpc) is 1.51. The average molecular weight is 1440 g/mol. The van der Waals surface area contributed by atoms with Crippen molar-refractivity contribution in [2.24, 2.45) is 138 Å². The Morgan fingerprint density at radius 1 is 0.385 bits per heavy atom. The first kappa shape index (κ1) is 76.5. The van der Waals surface area contributed by atoms with Gasteiger partial charge in [0.2, 0.25) is 0 Å². The van der Waals surface area contributed by atoms with Gasteiger partial charge in [-0.1, -0.05) is 79.7 Å². The van der Waals surface area contributed by atoms with Gasteiger partial charge < -0.3 is 37.9 Å². The fraction of sp³-hybridized carbons (Fsp3) is 0.822. The van der Waals surface area contributed by atoms with Crippen molar-refractivity contribution >= 4 is 35.4 Å². The molecule has 14 nitrogen and oxygen atoms in total. The van der Waals surface area contributed by atoms with E-state index in [-0.39, 0.29) is 103 Å². The third kappa shape index (κ3) is 12.6. The van der Waals surface area contributed by atoms with Crippen LogP contribution in [0.1, 0.15) is 263 Å². The summed E-state index contributed by atoms with van der Waals surface area (Å²) in [5.41, 5.74) is 1.36. The highest BCUT2D eigenvalue weighted by atomic mass is 16.7. The molecule has 14 heteroatoms. The van der Waals surface area contributed by atoms with Crippen LogP contribution < -0.4 is 0 Å². The van der Waals surface area contributed by atoms with E-state index in [1.807, 2.05) is 6.08 Å². The van der Waals surface area contributed by atoms with Crippen molar-refractivity contribution in [2.75, 3.05) is 26.4 Å². The molecular formula is C90H132O14. The van der Waals surface area contributed by atoms with Gasteiger partial charge in [-0.25, -0.2) is 0 Å². The summed E-state index contributed by atoms with van der Waals surface area (Å²) in [4.78, 5) is 70.0. The van der Waals surface area contributed by atoms with E-state index in [2.05, 4.69) is 111 Å². The predicted molar refractivity (Wildman–Crippen MR) is 399 cm³/mol. The third-order valence-corrected chi connectivity index (χ3v) is 35.0. The first-order chi connectivity index (χ1) is 49.4. The molecule has 2 spiro atoms. The minimum Gasteiger partial charge on any atom is -0.462 e. The molecule has 16 aliphatic carbocycles. The van der Waals surface area contributed by atoms with Crippen LogP contribution in [0.2, 0.25) is 0 Å². The molecule has 0 radical (unpaired) electrons. The van der Waals surface area contributed by atoms with E-state index in [9.17, 15) is 28.8 Å². The quantitative estimate of drug-likeness (QED) is 0.148. The number of ether oxygens (including phenoxy) is 8. The predicted octanol–water partition coefficient (Wildman–Crippen LogP) is 18.4. The van der Waals surface area contributed by atoms with E-state index in [1.54, 1.807) is 6.92 Å². The second-order valence-corrected chi connectivity index (χ2v) is 38.8. The maximum Gasteiger partial charge on any atom is 0.303 e. The van der Waals surface area contributed by atoms with Gasteiger partial charge in [-0.05, 0) is 295 Å². The van der Waals surface area contributed by atoms with Crippen LogP contribution in [0.5, 0.6) is 0 Å². The zero-order valence-corrected chi connectivity index (χ0v) is 65.9. The summed E-state index contributed by atoms with van der Waals surface area (Å²) >= 11 is 0. The van der Waals surface area contributed by atoms with Gasteiger partial charge in [0.05, 0.1) is 26.4 Å². The van der Waals surface area contributed by atoms with Gasteiger partial charge in [0.25, 0.3) is 0 Å². The number of hydrogen-bond acceptors (Lipinski definition) is 14. The number of fused-ring (bicyclic) bond motifs is 22. The number of hydrogen-bond donors (Lipinski definition) is 0. The van der Waals surface area contributed by atoms with Crippen LogP contribution in [-0.4, -0.2) is 97.9 Å². The number of rotatable bonds is 4. The molecule has 18 aliphatic rings. The Morgan fingerprint density at radius 3 is 1.17 bits per heavy atom. The Morgan fingerprint density at radius 2 is 0.750 bits per heavy atom. The van der Waals surface area contributed by atoms with Crippen LogP contribution in [0.4, 0.5) is 0 Å². The normalized spacial score (nSPS) is 49.1. The summed E-state index contributed by atoms with van der Waals surface area (Å²) in [5, 5.41) is 0. The first-order valence-corrected chi connectivity index (χ1v) is 42.0. The van der Waals surface area contributed by atoms with Gasteiger partial charge >= 0.3 is 23.9 Å². The van der Waals surface area contributed by atoms with E-state index >= 15 is 0 Å². The van der Waals surface area contributed by atoms with Gasteiger partial charge in [-0.15, -0.1) is 13.2 Å². The number of carbonyl (C=O) groups is 6. The fourth-order valence-electron chi connectivity index (χ4n) is 29.7. The number of ketones is 2. The molecule has 28 atom stereocenters. The van der Waals surface area contributed by atoms with Gasteiger partial charge in [0, 0.05) is 75.0 Å². The van der Waals surface area contributed by atoms with Gasteiger partial charge in [0.1, 0.15) is 30.2 Å². The molecule has 12 saturated carbocycles. The van der Waals surface area contributed by atoms with Gasteiger partial charge in [-0.3, -0.25) is 28.8 Å². The lowest BCUT2D eigenvalue weighted by Crippen LogP contribution is -2.56. The molecule has 0 bridgehead atoms. The van der Waals surface area contributed by atoms with Crippen molar-refractivity contribution in [1.29, 1.82) is 0 Å². The largest absolute Gasteiger partial charge is 0.462 e. The maximum absolute atomic E-state index is 12.5. The summed E-state index contributed by atoms with van der Waals surface area (Å²) in [7, 11) is 0. The number of esters is 4. The standard InChI is InChI=1S/2C23H34O4.2C21H30O3.C2H4/c1-15(24)27-17-6-9-21(2)16(14-17)4-5-18-19(21)7-10-22(3)20(18)8-11-23(22)25-12-13-26-23;1-14(24)26-17-9-11-22(3)16(13-17)5-6-18-19-7-8-21(27-15(2)25)23(19,4)12-10-20(18)22;1-19-8-5-15(22)13-14(19)3-4-16-17(19)6-9-20(2)18(16)7-10-21(20)23-11-12-24-21;1-13(22)24-15-8-10-20(2)14(12-15)4-5-16-17-6-7-19(23)21(17,3)11-9-18(16)20;1-2/h6,9,16-20H,4-5,7-8,10-14H2,1-3H3;9,11,16-21H,5-8,10,12-13H2,1-4H3;5,8,14,16-18H,3-4,6-7,9-13H2,1-2H3;8,10,14-18H,4-7,9,11-12H2,1-3H3;1-2H2/t16?,17?,18?,19?,20?,21-,22-;16?,17?,18?,19?,20?,21?,22-,23-;14?,16?,17?,18?,19-,20-;14?,15?,16?,17?,18?,20-,21-;/m0000./s1. The highest BCUT2D eigenvalue weighted by Gasteiger charge is 2.70. The number of carbonyl (C=O) groups excluding carboxylic acids is 6. The first-order valence-electron chi connectivity index (χ1n) is 42.0. The number of Topliss-reactive ketones (excluding diaryl/α,β-unsaturated/α-hetero) is 1. The van der Waals surface area contributed by atoms with Crippen LogP contribution in [0, 0.1) is 138 Å². The van der Waals surface area contributed by atoms with Crippen LogP contribution in [0.15, 0.2) is 61.8 Å². The van der Waals surface area contributed by atoms with Crippen molar-refractivity contribution in [1.82, 2.24) is 0 Å². The SMILES string of the molecule is C=C.CC(=O)OC1C=C[C@@]2(C)C(CCC3C2CC[C@@]2(C)C3CCC23OCCO3)C1.CC(=O)OC1C=C[C@@]2(C)C(CCC3C2CC[C@]2(C)C(=O)CCC32)C1.CC(=O)OC1C=C[C@@]2(C)C(CCC3C2CC[C@]2(C)C(OC(C)=O)CCC32)C1.C[C@]12C=CC(=O)CC1CCC1C2CC[C@@]2(C)C1CCC21OCCO1. The van der Waals surface area contributed by atoms with E-state index < -0.39 is 0 Å². The number of allylic oxidation sites excluding steroid dienone is 5. The maximum atomic E-state index is 12.5. The Kier molecular flexibility index (Phi) is 21.0. The van der Waals surface area contributed by atoms with Crippen molar-refractivity contribution < 1.29 is 66.7 Å². The molecule has 0 aromatic rings. The second-order valence-electron chi connectivity index (χ2n) is 38.8. The lowest BCUT2D eigenvalue weighted by molar-refractivity contribution is -0.245. The molecule has 14 fully saturated rings. The Labute approximate surface area is 624 Å². The van der Waals surface area contributed by atoms with Crippen molar-refractivity contribution in [3.63, 3.8) is 0 Å².